The van der Waals surface area contributed by atoms with Crippen molar-refractivity contribution in [3.8, 4) is 0 Å². The third kappa shape index (κ3) is 3.46. The minimum atomic E-state index is -0.0755. The highest BCUT2D eigenvalue weighted by Crippen LogP contribution is 2.32. The van der Waals surface area contributed by atoms with Gasteiger partial charge < -0.3 is 9.64 Å². The average Bonchev–Trinajstić information content (AvgIpc) is 2.68. The van der Waals surface area contributed by atoms with Gasteiger partial charge >= 0.3 is 0 Å². The standard InChI is InChI=1S/C13H20ClNO2S/c1-5-17-7-10(3)15(12(16)6-14)13-9(2)8-18-11(13)4/h8,10H,5-7H2,1-4H3. The molecule has 0 aromatic carbocycles. The number of ether oxygens (including phenoxy) is 1. The Morgan fingerprint density at radius 3 is 2.67 bits per heavy atom. The summed E-state index contributed by atoms with van der Waals surface area (Å²) in [4.78, 5) is 15.0. The van der Waals surface area contributed by atoms with Crippen LogP contribution in [0.2, 0.25) is 0 Å². The molecular weight excluding hydrogens is 270 g/mol. The molecule has 0 N–H and O–H groups in total. The van der Waals surface area contributed by atoms with E-state index in [0.29, 0.717) is 13.2 Å². The first kappa shape index (κ1) is 15.5. The number of thiophene rings is 1. The molecule has 0 saturated heterocycles. The average molecular weight is 290 g/mol. The molecule has 1 aromatic heterocycles. The molecule has 5 heteroatoms. The van der Waals surface area contributed by atoms with Gasteiger partial charge in [-0.25, -0.2) is 0 Å². The Labute approximate surface area is 118 Å². The van der Waals surface area contributed by atoms with Crippen molar-refractivity contribution in [2.75, 3.05) is 24.0 Å². The van der Waals surface area contributed by atoms with Gasteiger partial charge in [-0.05, 0) is 38.6 Å². The highest BCUT2D eigenvalue weighted by Gasteiger charge is 2.25. The van der Waals surface area contributed by atoms with E-state index in [-0.39, 0.29) is 17.8 Å². The van der Waals surface area contributed by atoms with Crippen LogP contribution in [0.15, 0.2) is 5.38 Å². The number of halogens is 1. The van der Waals surface area contributed by atoms with Gasteiger partial charge in [0.15, 0.2) is 0 Å². The highest BCUT2D eigenvalue weighted by atomic mass is 35.5. The fourth-order valence-corrected chi connectivity index (χ4v) is 2.91. The lowest BCUT2D eigenvalue weighted by atomic mass is 10.2. The summed E-state index contributed by atoms with van der Waals surface area (Å²) >= 11 is 7.37. The zero-order valence-corrected chi connectivity index (χ0v) is 12.9. The van der Waals surface area contributed by atoms with Crippen molar-refractivity contribution in [3.05, 3.63) is 15.8 Å². The largest absolute Gasteiger partial charge is 0.380 e. The molecule has 0 fully saturated rings. The minimum Gasteiger partial charge on any atom is -0.380 e. The molecule has 0 aliphatic carbocycles. The Bertz CT molecular complexity index is 386. The number of hydrogen-bond donors (Lipinski definition) is 0. The lowest BCUT2D eigenvalue weighted by Crippen LogP contribution is -2.42. The first-order chi connectivity index (χ1) is 8.52. The molecule has 0 saturated carbocycles. The van der Waals surface area contributed by atoms with Gasteiger partial charge in [0, 0.05) is 11.5 Å². The number of amides is 1. The minimum absolute atomic E-state index is 0.00874. The molecule has 1 unspecified atom stereocenters. The van der Waals surface area contributed by atoms with Crippen molar-refractivity contribution >= 4 is 34.5 Å². The molecule has 0 aliphatic rings. The molecule has 18 heavy (non-hydrogen) atoms. The van der Waals surface area contributed by atoms with Crippen molar-refractivity contribution in [1.29, 1.82) is 0 Å². The van der Waals surface area contributed by atoms with E-state index in [9.17, 15) is 4.79 Å². The van der Waals surface area contributed by atoms with Gasteiger partial charge in [-0.3, -0.25) is 4.79 Å². The van der Waals surface area contributed by atoms with Crippen LogP contribution in [0.25, 0.3) is 0 Å². The molecule has 102 valence electrons. The molecule has 0 radical (unpaired) electrons. The van der Waals surface area contributed by atoms with Gasteiger partial charge in [-0.1, -0.05) is 0 Å². The van der Waals surface area contributed by atoms with E-state index in [1.54, 1.807) is 16.2 Å². The monoisotopic (exact) mass is 289 g/mol. The summed E-state index contributed by atoms with van der Waals surface area (Å²) in [6, 6.07) is -0.0109. The second-order valence-electron chi connectivity index (χ2n) is 4.23. The summed E-state index contributed by atoms with van der Waals surface area (Å²) in [5.74, 6) is -0.0842. The molecule has 0 aliphatic heterocycles. The SMILES string of the molecule is CCOCC(C)N(C(=O)CCl)c1c(C)csc1C. The van der Waals surface area contributed by atoms with E-state index < -0.39 is 0 Å². The third-order valence-corrected chi connectivity index (χ3v) is 3.99. The van der Waals surface area contributed by atoms with Crippen molar-refractivity contribution in [3.63, 3.8) is 0 Å². The van der Waals surface area contributed by atoms with Crippen molar-refractivity contribution in [1.82, 2.24) is 0 Å². The highest BCUT2D eigenvalue weighted by molar-refractivity contribution is 7.10. The van der Waals surface area contributed by atoms with E-state index in [1.807, 2.05) is 27.7 Å². The molecule has 1 atom stereocenters. The van der Waals surface area contributed by atoms with Crippen LogP contribution >= 0.6 is 22.9 Å². The first-order valence-electron chi connectivity index (χ1n) is 6.03. The maximum atomic E-state index is 12.1. The van der Waals surface area contributed by atoms with Gasteiger partial charge in [0.2, 0.25) is 5.91 Å². The van der Waals surface area contributed by atoms with E-state index in [1.165, 1.54) is 0 Å². The maximum absolute atomic E-state index is 12.1. The number of nitrogens with zero attached hydrogens (tertiary/aromatic N) is 1. The van der Waals surface area contributed by atoms with E-state index in [2.05, 4.69) is 5.38 Å². The lowest BCUT2D eigenvalue weighted by Gasteiger charge is -2.29. The van der Waals surface area contributed by atoms with Crippen LogP contribution in [-0.4, -0.2) is 31.0 Å². The summed E-state index contributed by atoms with van der Waals surface area (Å²) in [5.41, 5.74) is 2.09. The van der Waals surface area contributed by atoms with Gasteiger partial charge in [0.05, 0.1) is 18.3 Å². The third-order valence-electron chi connectivity index (χ3n) is 2.75. The first-order valence-corrected chi connectivity index (χ1v) is 7.44. The lowest BCUT2D eigenvalue weighted by molar-refractivity contribution is -0.117. The van der Waals surface area contributed by atoms with Crippen molar-refractivity contribution < 1.29 is 9.53 Å². The van der Waals surface area contributed by atoms with Crippen LogP contribution in [-0.2, 0) is 9.53 Å². The molecular formula is C13H20ClNO2S. The zero-order valence-electron chi connectivity index (χ0n) is 11.3. The number of aryl methyl sites for hydroxylation is 2. The predicted molar refractivity (Wildman–Crippen MR) is 78.0 cm³/mol. The van der Waals surface area contributed by atoms with Crippen LogP contribution in [0.1, 0.15) is 24.3 Å². The van der Waals surface area contributed by atoms with E-state index in [0.717, 1.165) is 16.1 Å². The smallest absolute Gasteiger partial charge is 0.242 e. The van der Waals surface area contributed by atoms with Crippen LogP contribution in [0, 0.1) is 13.8 Å². The number of carbonyl (C=O) groups excluding carboxylic acids is 1. The Kier molecular flexibility index (Phi) is 6.12. The van der Waals surface area contributed by atoms with E-state index in [4.69, 9.17) is 16.3 Å². The Morgan fingerprint density at radius 1 is 1.56 bits per heavy atom. The number of rotatable bonds is 6. The maximum Gasteiger partial charge on any atom is 0.242 e. The Hall–Kier alpha value is -0.580. The zero-order chi connectivity index (χ0) is 13.7. The summed E-state index contributed by atoms with van der Waals surface area (Å²) in [6.07, 6.45) is 0. The summed E-state index contributed by atoms with van der Waals surface area (Å²) < 4.78 is 5.42. The summed E-state index contributed by atoms with van der Waals surface area (Å²) in [7, 11) is 0. The fraction of sp³-hybridized carbons (Fsp3) is 0.615. The number of hydrogen-bond acceptors (Lipinski definition) is 3. The van der Waals surface area contributed by atoms with Crippen LogP contribution < -0.4 is 4.90 Å². The molecule has 1 amide bonds. The topological polar surface area (TPSA) is 29.5 Å². The molecule has 0 spiro atoms. The Balaban J connectivity index is 3.02. The van der Waals surface area contributed by atoms with Gasteiger partial charge in [0.1, 0.15) is 5.88 Å². The summed E-state index contributed by atoms with van der Waals surface area (Å²) in [6.45, 7) is 9.14. The summed E-state index contributed by atoms with van der Waals surface area (Å²) in [5, 5.41) is 2.06. The van der Waals surface area contributed by atoms with Crippen LogP contribution in [0.5, 0.6) is 0 Å². The molecule has 1 rings (SSSR count). The normalized spacial score (nSPS) is 12.5. The molecule has 1 heterocycles. The molecule has 0 bridgehead atoms. The number of alkyl halides is 1. The van der Waals surface area contributed by atoms with Gasteiger partial charge in [-0.2, -0.15) is 0 Å². The Morgan fingerprint density at radius 2 is 2.22 bits per heavy atom. The van der Waals surface area contributed by atoms with Crippen LogP contribution in [0.4, 0.5) is 5.69 Å². The van der Waals surface area contributed by atoms with Crippen molar-refractivity contribution in [2.24, 2.45) is 0 Å². The molecule has 3 nitrogen and oxygen atoms in total. The second-order valence-corrected chi connectivity index (χ2v) is 5.58. The van der Waals surface area contributed by atoms with Crippen molar-refractivity contribution in [2.45, 2.75) is 33.7 Å². The van der Waals surface area contributed by atoms with Gasteiger partial charge in [-0.15, -0.1) is 22.9 Å². The number of carbonyl (C=O) groups is 1. The quantitative estimate of drug-likeness (QED) is 0.752. The van der Waals surface area contributed by atoms with Crippen LogP contribution in [0.3, 0.4) is 0 Å². The fourth-order valence-electron chi connectivity index (χ4n) is 1.94. The molecule has 1 aromatic rings. The second kappa shape index (κ2) is 7.12. The van der Waals surface area contributed by atoms with Gasteiger partial charge in [0.25, 0.3) is 0 Å². The number of anilines is 1. The van der Waals surface area contributed by atoms with E-state index >= 15 is 0 Å². The predicted octanol–water partition coefficient (Wildman–Crippen LogP) is 3.36.